The Labute approximate surface area is 153 Å². The van der Waals surface area contributed by atoms with E-state index in [0.29, 0.717) is 38.0 Å². The molecule has 1 heterocycles. The normalized spacial score (nSPS) is 10.8. The first-order valence-electron chi connectivity index (χ1n) is 7.41. The molecule has 5 nitrogen and oxygen atoms in total. The number of rotatable bonds is 4. The van der Waals surface area contributed by atoms with Crippen molar-refractivity contribution in [3.8, 4) is 5.75 Å². The third kappa shape index (κ3) is 3.21. The topological polar surface area (TPSA) is 74.3 Å². The summed E-state index contributed by atoms with van der Waals surface area (Å²) in [4.78, 5) is 24.4. The monoisotopic (exact) mass is 376 g/mol. The molecule has 0 aliphatic rings. The van der Waals surface area contributed by atoms with Gasteiger partial charge in [-0.3, -0.25) is 14.2 Å². The van der Waals surface area contributed by atoms with E-state index in [-0.39, 0.29) is 12.5 Å². The van der Waals surface area contributed by atoms with Crippen molar-refractivity contribution in [2.75, 3.05) is 6.61 Å². The minimum atomic E-state index is -0.582. The van der Waals surface area contributed by atoms with E-state index in [4.69, 9.17) is 33.7 Å². The molecule has 2 aromatic carbocycles. The van der Waals surface area contributed by atoms with Crippen LogP contribution in [0.15, 0.2) is 42.5 Å². The number of carbonyl (C=O) groups excluding carboxylic acids is 2. The van der Waals surface area contributed by atoms with Gasteiger partial charge in [0.25, 0.3) is 11.8 Å². The number of carbonyl (C=O) groups is 2. The molecule has 0 saturated carbocycles. The van der Waals surface area contributed by atoms with Gasteiger partial charge in [-0.05, 0) is 31.2 Å². The molecular weight excluding hydrogens is 363 g/mol. The minimum absolute atomic E-state index is 0.251. The maximum Gasteiger partial charge on any atom is 0.269 e. The van der Waals surface area contributed by atoms with Crippen molar-refractivity contribution in [1.82, 2.24) is 4.57 Å². The highest BCUT2D eigenvalue weighted by Gasteiger charge is 2.21. The van der Waals surface area contributed by atoms with E-state index in [0.717, 1.165) is 0 Å². The van der Waals surface area contributed by atoms with Crippen molar-refractivity contribution in [2.45, 2.75) is 6.92 Å². The molecule has 2 N–H and O–H groups in total. The zero-order valence-electron chi connectivity index (χ0n) is 13.3. The SMILES string of the molecule is Cc1c(C(N)=O)c2ccccc2n1C(=O)COc1ccc(Cl)cc1Cl. The summed E-state index contributed by atoms with van der Waals surface area (Å²) < 4.78 is 6.93. The first kappa shape index (κ1) is 17.3. The van der Waals surface area contributed by atoms with Crippen molar-refractivity contribution < 1.29 is 14.3 Å². The third-order valence-electron chi connectivity index (χ3n) is 3.85. The number of halogens is 2. The Morgan fingerprint density at radius 3 is 2.56 bits per heavy atom. The van der Waals surface area contributed by atoms with Crippen molar-refractivity contribution in [2.24, 2.45) is 5.73 Å². The summed E-state index contributed by atoms with van der Waals surface area (Å²) in [5.41, 5.74) is 6.87. The second kappa shape index (κ2) is 6.78. The second-order valence-electron chi connectivity index (χ2n) is 5.43. The average molecular weight is 377 g/mol. The number of hydrogen-bond acceptors (Lipinski definition) is 3. The summed E-state index contributed by atoms with van der Waals surface area (Å²) >= 11 is 11.9. The first-order valence-corrected chi connectivity index (χ1v) is 8.16. The molecule has 0 fully saturated rings. The quantitative estimate of drug-likeness (QED) is 0.745. The van der Waals surface area contributed by atoms with E-state index in [2.05, 4.69) is 0 Å². The maximum absolute atomic E-state index is 12.7. The molecule has 0 saturated heterocycles. The average Bonchev–Trinajstić information content (AvgIpc) is 2.85. The molecule has 128 valence electrons. The number of ether oxygens (including phenoxy) is 1. The lowest BCUT2D eigenvalue weighted by molar-refractivity contribution is 0.0841. The molecule has 0 aliphatic heterocycles. The number of para-hydroxylation sites is 1. The summed E-state index contributed by atoms with van der Waals surface area (Å²) in [6.45, 7) is 1.42. The molecule has 3 aromatic rings. The lowest BCUT2D eigenvalue weighted by atomic mass is 10.1. The lowest BCUT2D eigenvalue weighted by Gasteiger charge is -2.10. The van der Waals surface area contributed by atoms with Crippen LogP contribution in [0.3, 0.4) is 0 Å². The van der Waals surface area contributed by atoms with Crippen LogP contribution in [-0.4, -0.2) is 23.0 Å². The lowest BCUT2D eigenvalue weighted by Crippen LogP contribution is -2.21. The standard InChI is InChI=1S/C18H14Cl2N2O3/c1-10-17(18(21)24)12-4-2-3-5-14(12)22(10)16(23)9-25-15-7-6-11(19)8-13(15)20/h2-8H,9H2,1H3,(H2,21,24). The zero-order valence-corrected chi connectivity index (χ0v) is 14.8. The van der Waals surface area contributed by atoms with Crippen LogP contribution in [0.1, 0.15) is 20.8 Å². The van der Waals surface area contributed by atoms with Crippen molar-refractivity contribution in [1.29, 1.82) is 0 Å². The summed E-state index contributed by atoms with van der Waals surface area (Å²) in [5, 5.41) is 1.42. The summed E-state index contributed by atoms with van der Waals surface area (Å²) in [5.74, 6) is -0.571. The van der Waals surface area contributed by atoms with Crippen LogP contribution in [0.4, 0.5) is 0 Å². The van der Waals surface area contributed by atoms with Gasteiger partial charge in [-0.15, -0.1) is 0 Å². The molecule has 1 aromatic heterocycles. The Hall–Kier alpha value is -2.50. The van der Waals surface area contributed by atoms with E-state index >= 15 is 0 Å². The molecule has 0 unspecified atom stereocenters. The van der Waals surface area contributed by atoms with E-state index in [9.17, 15) is 9.59 Å². The summed E-state index contributed by atoms with van der Waals surface area (Å²) in [6.07, 6.45) is 0. The van der Waals surface area contributed by atoms with Crippen LogP contribution in [-0.2, 0) is 0 Å². The number of hydrogen-bond donors (Lipinski definition) is 1. The second-order valence-corrected chi connectivity index (χ2v) is 6.28. The highest BCUT2D eigenvalue weighted by molar-refractivity contribution is 6.35. The van der Waals surface area contributed by atoms with Crippen LogP contribution < -0.4 is 10.5 Å². The van der Waals surface area contributed by atoms with Crippen molar-refractivity contribution in [3.63, 3.8) is 0 Å². The molecule has 0 atom stereocenters. The molecule has 7 heteroatoms. The van der Waals surface area contributed by atoms with Gasteiger partial charge < -0.3 is 10.5 Å². The van der Waals surface area contributed by atoms with Gasteiger partial charge in [-0.1, -0.05) is 41.4 Å². The zero-order chi connectivity index (χ0) is 18.1. The molecule has 0 aliphatic carbocycles. The summed E-state index contributed by atoms with van der Waals surface area (Å²) in [7, 11) is 0. The van der Waals surface area contributed by atoms with Gasteiger partial charge in [-0.25, -0.2) is 0 Å². The van der Waals surface area contributed by atoms with Crippen LogP contribution in [0, 0.1) is 6.92 Å². The molecule has 0 spiro atoms. The van der Waals surface area contributed by atoms with Gasteiger partial charge in [-0.2, -0.15) is 0 Å². The summed E-state index contributed by atoms with van der Waals surface area (Å²) in [6, 6.07) is 11.8. The number of amides is 1. The maximum atomic E-state index is 12.7. The highest BCUT2D eigenvalue weighted by Crippen LogP contribution is 2.28. The van der Waals surface area contributed by atoms with Crippen molar-refractivity contribution >= 4 is 45.9 Å². The van der Waals surface area contributed by atoms with E-state index in [1.54, 1.807) is 43.3 Å². The Bertz CT molecular complexity index is 995. The van der Waals surface area contributed by atoms with Gasteiger partial charge >= 0.3 is 0 Å². The third-order valence-corrected chi connectivity index (χ3v) is 4.38. The van der Waals surface area contributed by atoms with Gasteiger partial charge in [0, 0.05) is 16.1 Å². The first-order chi connectivity index (χ1) is 11.9. The fraction of sp³-hybridized carbons (Fsp3) is 0.111. The Kier molecular flexibility index (Phi) is 4.70. The molecule has 0 bridgehead atoms. The van der Waals surface area contributed by atoms with Gasteiger partial charge in [0.2, 0.25) is 0 Å². The van der Waals surface area contributed by atoms with Crippen LogP contribution in [0.2, 0.25) is 10.0 Å². The Morgan fingerprint density at radius 1 is 1.16 bits per heavy atom. The molecular formula is C18H14Cl2N2O3. The van der Waals surface area contributed by atoms with Crippen LogP contribution in [0.25, 0.3) is 10.9 Å². The van der Waals surface area contributed by atoms with Crippen LogP contribution >= 0.6 is 23.2 Å². The molecule has 0 radical (unpaired) electrons. The smallest absolute Gasteiger partial charge is 0.269 e. The van der Waals surface area contributed by atoms with E-state index in [1.165, 1.54) is 10.6 Å². The molecule has 1 amide bonds. The number of nitrogens with two attached hydrogens (primary N) is 1. The van der Waals surface area contributed by atoms with Gasteiger partial charge in [0.15, 0.2) is 6.61 Å². The molecule has 3 rings (SSSR count). The largest absolute Gasteiger partial charge is 0.482 e. The fourth-order valence-electron chi connectivity index (χ4n) is 2.80. The Balaban J connectivity index is 1.95. The predicted octanol–water partition coefficient (Wildman–Crippen LogP) is 4.07. The van der Waals surface area contributed by atoms with Gasteiger partial charge in [0.1, 0.15) is 5.75 Å². The number of nitrogens with zero attached hydrogens (tertiary/aromatic N) is 1. The number of benzene rings is 2. The minimum Gasteiger partial charge on any atom is -0.482 e. The predicted molar refractivity (Wildman–Crippen MR) is 97.8 cm³/mol. The number of fused-ring (bicyclic) bond motifs is 1. The van der Waals surface area contributed by atoms with Crippen molar-refractivity contribution in [3.05, 3.63) is 63.8 Å². The molecule has 25 heavy (non-hydrogen) atoms. The highest BCUT2D eigenvalue weighted by atomic mass is 35.5. The number of primary amides is 1. The number of aromatic nitrogens is 1. The van der Waals surface area contributed by atoms with E-state index in [1.807, 2.05) is 0 Å². The van der Waals surface area contributed by atoms with E-state index < -0.39 is 5.91 Å². The Morgan fingerprint density at radius 2 is 1.88 bits per heavy atom. The fourth-order valence-corrected chi connectivity index (χ4v) is 3.26. The van der Waals surface area contributed by atoms with Crippen LogP contribution in [0.5, 0.6) is 5.75 Å². The van der Waals surface area contributed by atoms with Gasteiger partial charge in [0.05, 0.1) is 16.1 Å².